The minimum absolute atomic E-state index is 0.284. The van der Waals surface area contributed by atoms with Crippen molar-refractivity contribution in [3.05, 3.63) is 65.6 Å². The van der Waals surface area contributed by atoms with Crippen molar-refractivity contribution >= 4 is 58.2 Å². The monoisotopic (exact) mass is 594 g/mol. The first-order valence-electron chi connectivity index (χ1n) is 12.0. The van der Waals surface area contributed by atoms with Gasteiger partial charge in [0.15, 0.2) is 22.7 Å². The van der Waals surface area contributed by atoms with E-state index in [0.717, 1.165) is 11.3 Å². The average molecular weight is 595 g/mol. The van der Waals surface area contributed by atoms with Crippen molar-refractivity contribution in [1.82, 2.24) is 49.9 Å². The summed E-state index contributed by atoms with van der Waals surface area (Å²) in [5, 5.41) is 39.5. The number of methoxy groups -OCH3 is 2. The lowest BCUT2D eigenvalue weighted by molar-refractivity contribution is 0.0587. The summed E-state index contributed by atoms with van der Waals surface area (Å²) in [4.78, 5) is 31.1. The number of ether oxygens (including phenoxy) is 2. The van der Waals surface area contributed by atoms with Crippen LogP contribution in [0.5, 0.6) is 0 Å². The normalized spacial score (nSPS) is 10.5. The second-order valence-electron chi connectivity index (χ2n) is 8.48. The maximum Gasteiger partial charge on any atom is 0.491 e. The van der Waals surface area contributed by atoms with Gasteiger partial charge in [0.25, 0.3) is 0 Å². The third kappa shape index (κ3) is 6.77. The van der Waals surface area contributed by atoms with Crippen molar-refractivity contribution in [1.29, 1.82) is 0 Å². The summed E-state index contributed by atoms with van der Waals surface area (Å²) >= 11 is 5.66. The number of nitrogens with one attached hydrogen (secondary N) is 2. The molecular weight excluding hydrogens is 571 g/mol. The van der Waals surface area contributed by atoms with Crippen LogP contribution in [0.1, 0.15) is 21.0 Å². The van der Waals surface area contributed by atoms with Gasteiger partial charge in [0.2, 0.25) is 0 Å². The van der Waals surface area contributed by atoms with Crippen molar-refractivity contribution in [2.75, 3.05) is 14.2 Å². The van der Waals surface area contributed by atoms with Crippen molar-refractivity contribution < 1.29 is 29.1 Å². The highest BCUT2D eigenvalue weighted by atomic mass is 35.5. The number of aryl methyl sites for hydroxylation is 2. The summed E-state index contributed by atoms with van der Waals surface area (Å²) in [5.41, 5.74) is 3.53. The lowest BCUT2D eigenvalue weighted by Crippen LogP contribution is -2.28. The number of carbonyl (C=O) groups is 2. The second-order valence-corrected chi connectivity index (χ2v) is 8.86. The number of fused-ring (bicyclic) bond motifs is 2. The molecule has 6 aromatic rings. The molecule has 0 fully saturated rings. The molecule has 6 heterocycles. The number of hydrogen-bond donors (Lipinski definition) is 4. The van der Waals surface area contributed by atoms with E-state index in [1.54, 1.807) is 42.3 Å². The van der Waals surface area contributed by atoms with E-state index < -0.39 is 19.1 Å². The molecule has 0 bridgehead atoms. The van der Waals surface area contributed by atoms with Gasteiger partial charge in [-0.2, -0.15) is 20.4 Å². The number of pyridine rings is 2. The lowest BCUT2D eigenvalue weighted by Gasteiger charge is -1.97. The van der Waals surface area contributed by atoms with Gasteiger partial charge in [-0.05, 0) is 24.3 Å². The number of carbonyl (C=O) groups excluding carboxylic acids is 2. The SMILES string of the molecule is COC(=O)c1[nH]nc2nc(-c3cnn(C)c3)ccc12.COC(=O)c1[nH]nc2nc(Cl)ccc12.Cn1cc(B(O)O)cn1. The summed E-state index contributed by atoms with van der Waals surface area (Å²) < 4.78 is 12.4. The third-order valence-corrected chi connectivity index (χ3v) is 5.82. The van der Waals surface area contributed by atoms with Gasteiger partial charge in [0.1, 0.15) is 5.15 Å². The van der Waals surface area contributed by atoms with Crippen LogP contribution in [0.3, 0.4) is 0 Å². The van der Waals surface area contributed by atoms with Crippen LogP contribution in [-0.2, 0) is 23.6 Å². The van der Waals surface area contributed by atoms with Crippen LogP contribution in [0.2, 0.25) is 5.15 Å². The van der Waals surface area contributed by atoms with Crippen LogP contribution in [0.15, 0.2) is 49.1 Å². The summed E-state index contributed by atoms with van der Waals surface area (Å²) in [6, 6.07) is 6.87. The largest absolute Gasteiger partial charge is 0.491 e. The maximum atomic E-state index is 11.5. The Morgan fingerprint density at radius 3 is 1.86 bits per heavy atom. The standard InChI is InChI=1S/C12H11N5O2.C8H6ClN3O2.C4H7BN2O2/c1-17-6-7(5-13-17)9-4-3-8-10(12(18)19-2)15-16-11(8)14-9;1-14-8(13)6-4-2-3-5(9)10-7(4)12-11-6;1-7-3-4(2-6-7)5(8)9/h3-6H,1-2H3,(H,14,15,16);2-3H,1H3,(H,10,11,12);2-3,8-9H,1H3. The summed E-state index contributed by atoms with van der Waals surface area (Å²) in [6.45, 7) is 0. The van der Waals surface area contributed by atoms with Crippen molar-refractivity contribution in [2.45, 2.75) is 0 Å². The summed E-state index contributed by atoms with van der Waals surface area (Å²) in [5.74, 6) is -0.935. The predicted octanol–water partition coefficient (Wildman–Crippen LogP) is 0.643. The number of aromatic amines is 2. The Balaban J connectivity index is 0.000000155. The molecule has 0 atom stereocenters. The summed E-state index contributed by atoms with van der Waals surface area (Å²) in [7, 11) is 4.78. The molecule has 42 heavy (non-hydrogen) atoms. The molecule has 6 rings (SSSR count). The highest BCUT2D eigenvalue weighted by Gasteiger charge is 2.16. The Labute approximate surface area is 242 Å². The van der Waals surface area contributed by atoms with E-state index in [2.05, 4.69) is 50.0 Å². The fraction of sp³-hybridized carbons (Fsp3) is 0.167. The molecular formula is C24H24BClN10O6. The Bertz CT molecular complexity index is 1850. The number of nitrogens with zero attached hydrogens (tertiary/aromatic N) is 8. The fourth-order valence-corrected chi connectivity index (χ4v) is 3.72. The van der Waals surface area contributed by atoms with Crippen LogP contribution >= 0.6 is 11.6 Å². The van der Waals surface area contributed by atoms with E-state index in [-0.39, 0.29) is 5.69 Å². The molecule has 0 saturated carbocycles. The van der Waals surface area contributed by atoms with Crippen LogP contribution in [0.4, 0.5) is 0 Å². The minimum Gasteiger partial charge on any atom is -0.464 e. The maximum absolute atomic E-state index is 11.5. The van der Waals surface area contributed by atoms with E-state index in [1.165, 1.54) is 25.1 Å². The number of aromatic nitrogens is 10. The zero-order valence-electron chi connectivity index (χ0n) is 22.7. The Kier molecular flexibility index (Phi) is 9.26. The highest BCUT2D eigenvalue weighted by Crippen LogP contribution is 2.21. The van der Waals surface area contributed by atoms with E-state index in [4.69, 9.17) is 21.6 Å². The molecule has 4 N–H and O–H groups in total. The molecule has 18 heteroatoms. The molecule has 6 aromatic heterocycles. The minimum atomic E-state index is -1.40. The zero-order valence-corrected chi connectivity index (χ0v) is 23.4. The van der Waals surface area contributed by atoms with Gasteiger partial charge in [-0.25, -0.2) is 19.6 Å². The molecule has 0 radical (unpaired) electrons. The van der Waals surface area contributed by atoms with Crippen molar-refractivity contribution in [3.8, 4) is 11.3 Å². The second kappa shape index (κ2) is 13.0. The van der Waals surface area contributed by atoms with E-state index >= 15 is 0 Å². The smallest absolute Gasteiger partial charge is 0.464 e. The predicted molar refractivity (Wildman–Crippen MR) is 151 cm³/mol. The van der Waals surface area contributed by atoms with Gasteiger partial charge in [-0.15, -0.1) is 0 Å². The Morgan fingerprint density at radius 1 is 0.833 bits per heavy atom. The van der Waals surface area contributed by atoms with Gasteiger partial charge in [-0.1, -0.05) is 11.6 Å². The van der Waals surface area contributed by atoms with Gasteiger partial charge >= 0.3 is 19.1 Å². The van der Waals surface area contributed by atoms with Gasteiger partial charge < -0.3 is 19.5 Å². The first kappa shape index (κ1) is 29.8. The molecule has 0 aliphatic heterocycles. The molecule has 16 nitrogen and oxygen atoms in total. The summed E-state index contributed by atoms with van der Waals surface area (Å²) in [6.07, 6.45) is 6.54. The van der Waals surface area contributed by atoms with Gasteiger partial charge in [0.05, 0.1) is 36.9 Å². The topological polar surface area (TPSA) is 212 Å². The molecule has 0 amide bonds. The third-order valence-electron chi connectivity index (χ3n) is 5.60. The number of hydrogen-bond acceptors (Lipinski definition) is 12. The zero-order chi connectivity index (χ0) is 30.4. The Hall–Kier alpha value is -5.13. The molecule has 0 aromatic carbocycles. The van der Waals surface area contributed by atoms with Crippen LogP contribution < -0.4 is 5.46 Å². The molecule has 0 aliphatic carbocycles. The fourth-order valence-electron chi connectivity index (χ4n) is 3.58. The molecule has 216 valence electrons. The molecule has 0 spiro atoms. The number of rotatable bonds is 4. The van der Waals surface area contributed by atoms with Crippen LogP contribution in [0, 0.1) is 0 Å². The number of H-pyrrole nitrogens is 2. The molecule has 0 aliphatic rings. The quantitative estimate of drug-likeness (QED) is 0.126. The molecule has 0 unspecified atom stereocenters. The van der Waals surface area contributed by atoms with Crippen molar-refractivity contribution in [2.24, 2.45) is 14.1 Å². The van der Waals surface area contributed by atoms with E-state index in [9.17, 15) is 9.59 Å². The Morgan fingerprint density at radius 2 is 1.38 bits per heavy atom. The molecule has 0 saturated heterocycles. The number of halogens is 1. The first-order valence-corrected chi connectivity index (χ1v) is 12.3. The van der Waals surface area contributed by atoms with Gasteiger partial charge in [0, 0.05) is 43.7 Å². The lowest BCUT2D eigenvalue weighted by atomic mass is 9.83. The average Bonchev–Trinajstić information content (AvgIpc) is 3.79. The van der Waals surface area contributed by atoms with E-state index in [0.29, 0.717) is 38.4 Å². The van der Waals surface area contributed by atoms with Crippen LogP contribution in [-0.4, -0.2) is 93.2 Å². The van der Waals surface area contributed by atoms with Crippen LogP contribution in [0.25, 0.3) is 33.3 Å². The highest BCUT2D eigenvalue weighted by molar-refractivity contribution is 6.58. The first-order chi connectivity index (χ1) is 20.1. The van der Waals surface area contributed by atoms with Gasteiger partial charge in [-0.3, -0.25) is 19.6 Å². The number of esters is 2. The van der Waals surface area contributed by atoms with Crippen molar-refractivity contribution in [3.63, 3.8) is 0 Å². The van der Waals surface area contributed by atoms with E-state index in [1.807, 2.05) is 19.3 Å².